The van der Waals surface area contributed by atoms with Gasteiger partial charge in [0, 0.05) is 6.54 Å². The first-order valence-corrected chi connectivity index (χ1v) is 7.88. The fourth-order valence-electron chi connectivity index (χ4n) is 2.99. The van der Waals surface area contributed by atoms with E-state index in [0.717, 1.165) is 31.6 Å². The van der Waals surface area contributed by atoms with Gasteiger partial charge in [0.05, 0.1) is 0 Å². The molecule has 21 heavy (non-hydrogen) atoms. The van der Waals surface area contributed by atoms with Crippen molar-refractivity contribution in [3.05, 3.63) is 35.9 Å². The Hall–Kier alpha value is -1.39. The highest BCUT2D eigenvalue weighted by Gasteiger charge is 2.22. The minimum Gasteiger partial charge on any atom is -0.354 e. The molecule has 2 rings (SSSR count). The molecule has 1 aliphatic heterocycles. The van der Waals surface area contributed by atoms with E-state index in [1.165, 1.54) is 12.8 Å². The van der Waals surface area contributed by atoms with Crippen molar-refractivity contribution in [2.75, 3.05) is 33.7 Å². The van der Waals surface area contributed by atoms with Crippen molar-refractivity contribution in [1.29, 1.82) is 0 Å². The second kappa shape index (κ2) is 8.15. The summed E-state index contributed by atoms with van der Waals surface area (Å²) in [6, 6.07) is 9.74. The first kappa shape index (κ1) is 16.0. The van der Waals surface area contributed by atoms with Crippen molar-refractivity contribution in [2.45, 2.75) is 25.3 Å². The van der Waals surface area contributed by atoms with Gasteiger partial charge in [-0.15, -0.1) is 0 Å². The van der Waals surface area contributed by atoms with Crippen LogP contribution in [0.5, 0.6) is 0 Å². The number of amides is 1. The number of nitrogens with one attached hydrogen (secondary N) is 2. The topological polar surface area (TPSA) is 44.4 Å². The van der Waals surface area contributed by atoms with E-state index in [0.29, 0.717) is 5.92 Å². The van der Waals surface area contributed by atoms with Gasteiger partial charge in [0.25, 0.3) is 0 Å². The Morgan fingerprint density at radius 3 is 2.76 bits per heavy atom. The van der Waals surface area contributed by atoms with Gasteiger partial charge in [-0.25, -0.2) is 0 Å². The Bertz CT molecular complexity index is 427. The zero-order chi connectivity index (χ0) is 15.1. The Morgan fingerprint density at radius 1 is 1.38 bits per heavy atom. The van der Waals surface area contributed by atoms with Crippen molar-refractivity contribution >= 4 is 5.91 Å². The van der Waals surface area contributed by atoms with Crippen LogP contribution >= 0.6 is 0 Å². The second-order valence-electron chi connectivity index (χ2n) is 6.07. The monoisotopic (exact) mass is 289 g/mol. The van der Waals surface area contributed by atoms with Gasteiger partial charge in [0.1, 0.15) is 6.04 Å². The highest BCUT2D eigenvalue weighted by molar-refractivity contribution is 5.83. The molecule has 0 saturated carbocycles. The molecule has 2 N–H and O–H groups in total. The zero-order valence-corrected chi connectivity index (χ0v) is 13.1. The maximum Gasteiger partial charge on any atom is 0.241 e. The van der Waals surface area contributed by atoms with Crippen LogP contribution in [0, 0.1) is 5.92 Å². The molecular weight excluding hydrogens is 262 g/mol. The van der Waals surface area contributed by atoms with Gasteiger partial charge in [-0.2, -0.15) is 0 Å². The van der Waals surface area contributed by atoms with Gasteiger partial charge in [0.2, 0.25) is 5.91 Å². The van der Waals surface area contributed by atoms with Gasteiger partial charge in [-0.05, 0) is 57.9 Å². The average Bonchev–Trinajstić information content (AvgIpc) is 2.49. The second-order valence-corrected chi connectivity index (χ2v) is 6.07. The van der Waals surface area contributed by atoms with Crippen molar-refractivity contribution in [1.82, 2.24) is 15.5 Å². The first-order chi connectivity index (χ1) is 10.2. The Kier molecular flexibility index (Phi) is 6.21. The molecule has 0 aliphatic carbocycles. The molecule has 2 atom stereocenters. The fourth-order valence-corrected chi connectivity index (χ4v) is 2.99. The van der Waals surface area contributed by atoms with Crippen molar-refractivity contribution in [3.8, 4) is 0 Å². The predicted molar refractivity (Wildman–Crippen MR) is 86.1 cm³/mol. The number of benzene rings is 1. The lowest BCUT2D eigenvalue weighted by Crippen LogP contribution is -2.39. The van der Waals surface area contributed by atoms with Gasteiger partial charge in [-0.1, -0.05) is 30.3 Å². The molecule has 2 unspecified atom stereocenters. The van der Waals surface area contributed by atoms with E-state index in [1.807, 2.05) is 49.3 Å². The molecule has 4 heteroatoms. The zero-order valence-electron chi connectivity index (χ0n) is 13.1. The third-order valence-corrected chi connectivity index (χ3v) is 4.13. The van der Waals surface area contributed by atoms with Crippen LogP contribution in [-0.4, -0.2) is 44.5 Å². The minimum absolute atomic E-state index is 0.0926. The average molecular weight is 289 g/mol. The van der Waals surface area contributed by atoms with Gasteiger partial charge in [-0.3, -0.25) is 9.69 Å². The maximum absolute atomic E-state index is 12.5. The highest BCUT2D eigenvalue weighted by Crippen LogP contribution is 2.18. The smallest absolute Gasteiger partial charge is 0.241 e. The summed E-state index contributed by atoms with van der Waals surface area (Å²) in [7, 11) is 3.89. The number of carbonyl (C=O) groups is 1. The highest BCUT2D eigenvalue weighted by atomic mass is 16.2. The Balaban J connectivity index is 1.84. The Morgan fingerprint density at radius 2 is 2.14 bits per heavy atom. The molecule has 0 radical (unpaired) electrons. The van der Waals surface area contributed by atoms with Crippen LogP contribution in [0.3, 0.4) is 0 Å². The number of likely N-dealkylation sites (N-methyl/N-ethyl adjacent to an activating group) is 1. The molecule has 4 nitrogen and oxygen atoms in total. The third-order valence-electron chi connectivity index (χ3n) is 4.13. The molecule has 1 fully saturated rings. The van der Waals surface area contributed by atoms with Crippen LogP contribution in [0.25, 0.3) is 0 Å². The SMILES string of the molecule is CN(C)C(C(=O)NCCC1CCCNC1)c1ccccc1. The van der Waals surface area contributed by atoms with E-state index >= 15 is 0 Å². The van der Waals surface area contributed by atoms with Gasteiger partial charge >= 0.3 is 0 Å². The molecule has 1 amide bonds. The lowest BCUT2D eigenvalue weighted by molar-refractivity contribution is -0.125. The van der Waals surface area contributed by atoms with E-state index in [4.69, 9.17) is 0 Å². The number of hydrogen-bond donors (Lipinski definition) is 2. The van der Waals surface area contributed by atoms with Gasteiger partial charge < -0.3 is 10.6 Å². The van der Waals surface area contributed by atoms with E-state index < -0.39 is 0 Å². The fraction of sp³-hybridized carbons (Fsp3) is 0.588. The molecule has 0 spiro atoms. The number of hydrogen-bond acceptors (Lipinski definition) is 3. The molecule has 1 aromatic carbocycles. The van der Waals surface area contributed by atoms with Crippen molar-refractivity contribution < 1.29 is 4.79 Å². The van der Waals surface area contributed by atoms with Crippen LogP contribution in [-0.2, 0) is 4.79 Å². The van der Waals surface area contributed by atoms with Crippen LogP contribution in [0.4, 0.5) is 0 Å². The van der Waals surface area contributed by atoms with Crippen LogP contribution in [0.1, 0.15) is 30.9 Å². The van der Waals surface area contributed by atoms with Crippen molar-refractivity contribution in [2.24, 2.45) is 5.92 Å². The summed E-state index contributed by atoms with van der Waals surface area (Å²) in [5, 5.41) is 6.52. The molecule has 0 aromatic heterocycles. The standard InChI is InChI=1S/C17H27N3O/c1-20(2)16(15-8-4-3-5-9-15)17(21)19-12-10-14-7-6-11-18-13-14/h3-5,8-9,14,16,18H,6-7,10-13H2,1-2H3,(H,19,21). The first-order valence-electron chi connectivity index (χ1n) is 7.88. The van der Waals surface area contributed by atoms with E-state index in [1.54, 1.807) is 0 Å². The van der Waals surface area contributed by atoms with Gasteiger partial charge in [0.15, 0.2) is 0 Å². The molecule has 1 aromatic rings. The summed E-state index contributed by atoms with van der Waals surface area (Å²) in [6.45, 7) is 2.99. The number of nitrogens with zero attached hydrogens (tertiary/aromatic N) is 1. The summed E-state index contributed by atoms with van der Waals surface area (Å²) in [5.41, 5.74) is 1.04. The van der Waals surface area contributed by atoms with E-state index in [-0.39, 0.29) is 11.9 Å². The summed E-state index contributed by atoms with van der Waals surface area (Å²) in [5.74, 6) is 0.795. The number of piperidine rings is 1. The summed E-state index contributed by atoms with van der Waals surface area (Å²) < 4.78 is 0. The lowest BCUT2D eigenvalue weighted by atomic mass is 9.96. The molecule has 1 aliphatic rings. The summed E-state index contributed by atoms with van der Waals surface area (Å²) >= 11 is 0. The normalized spacial score (nSPS) is 20.2. The number of rotatable bonds is 6. The van der Waals surface area contributed by atoms with E-state index in [9.17, 15) is 4.79 Å². The molecule has 1 heterocycles. The van der Waals surface area contributed by atoms with Crippen LogP contribution < -0.4 is 10.6 Å². The van der Waals surface area contributed by atoms with Crippen molar-refractivity contribution in [3.63, 3.8) is 0 Å². The summed E-state index contributed by atoms with van der Waals surface area (Å²) in [6.07, 6.45) is 3.59. The molecular formula is C17H27N3O. The predicted octanol–water partition coefficient (Wildman–Crippen LogP) is 1.80. The quantitative estimate of drug-likeness (QED) is 0.839. The maximum atomic E-state index is 12.5. The third kappa shape index (κ3) is 4.83. The Labute approximate surface area is 127 Å². The van der Waals surface area contributed by atoms with Crippen LogP contribution in [0.2, 0.25) is 0 Å². The molecule has 0 bridgehead atoms. The summed E-state index contributed by atoms with van der Waals surface area (Å²) in [4.78, 5) is 14.4. The largest absolute Gasteiger partial charge is 0.354 e. The van der Waals surface area contributed by atoms with Crippen LogP contribution in [0.15, 0.2) is 30.3 Å². The lowest BCUT2D eigenvalue weighted by Gasteiger charge is -2.25. The van der Waals surface area contributed by atoms with E-state index in [2.05, 4.69) is 10.6 Å². The molecule has 1 saturated heterocycles. The molecule has 116 valence electrons. The number of carbonyl (C=O) groups excluding carboxylic acids is 1. The minimum atomic E-state index is -0.212.